The van der Waals surface area contributed by atoms with Gasteiger partial charge in [0.05, 0.1) is 6.61 Å². The van der Waals surface area contributed by atoms with Crippen molar-refractivity contribution in [1.82, 2.24) is 4.98 Å². The lowest BCUT2D eigenvalue weighted by Gasteiger charge is -2.04. The molecular weight excluding hydrogens is 295 g/mol. The number of anilines is 1. The molecule has 0 aromatic carbocycles. The topological polar surface area (TPSA) is 51.2 Å². The van der Waals surface area contributed by atoms with Crippen LogP contribution in [0.3, 0.4) is 0 Å². The number of carbonyl (C=O) groups is 1. The van der Waals surface area contributed by atoms with E-state index in [9.17, 15) is 4.79 Å². The Kier molecular flexibility index (Phi) is 4.64. The van der Waals surface area contributed by atoms with Gasteiger partial charge < -0.3 is 10.1 Å². The molecule has 0 aliphatic carbocycles. The number of aromatic nitrogens is 1. The minimum Gasteiger partial charge on any atom is -0.465 e. The van der Waals surface area contributed by atoms with Gasteiger partial charge in [0.1, 0.15) is 12.4 Å². The minimum atomic E-state index is -0.270. The van der Waals surface area contributed by atoms with Crippen molar-refractivity contribution in [2.45, 2.75) is 6.92 Å². The Morgan fingerprint density at radius 2 is 2.50 bits per heavy atom. The summed E-state index contributed by atoms with van der Waals surface area (Å²) in [6.45, 7) is 2.34. The van der Waals surface area contributed by atoms with Crippen LogP contribution in [0.25, 0.3) is 0 Å². The standard InChI is InChI=1S/C9H11IN2O2/c1-2-14-9(13)6-12-8-5-7(10)3-4-11-8/h3-5H,2,6H2,1H3,(H,11,12). The van der Waals surface area contributed by atoms with Gasteiger partial charge in [-0.25, -0.2) is 4.98 Å². The molecule has 0 unspecified atom stereocenters. The summed E-state index contributed by atoms with van der Waals surface area (Å²) in [5.41, 5.74) is 0. The maximum absolute atomic E-state index is 11.0. The highest BCUT2D eigenvalue weighted by molar-refractivity contribution is 14.1. The molecule has 5 heteroatoms. The average molecular weight is 306 g/mol. The van der Waals surface area contributed by atoms with Crippen molar-refractivity contribution in [2.75, 3.05) is 18.5 Å². The molecule has 0 aliphatic rings. The van der Waals surface area contributed by atoms with Crippen LogP contribution < -0.4 is 5.32 Å². The summed E-state index contributed by atoms with van der Waals surface area (Å²) < 4.78 is 5.84. The van der Waals surface area contributed by atoms with E-state index in [-0.39, 0.29) is 12.5 Å². The highest BCUT2D eigenvalue weighted by Crippen LogP contribution is 2.08. The van der Waals surface area contributed by atoms with E-state index >= 15 is 0 Å². The first kappa shape index (κ1) is 11.2. The number of pyridine rings is 1. The van der Waals surface area contributed by atoms with E-state index in [1.165, 1.54) is 0 Å². The number of hydrogen-bond acceptors (Lipinski definition) is 4. The predicted molar refractivity (Wildman–Crippen MR) is 62.1 cm³/mol. The molecule has 1 N–H and O–H groups in total. The van der Waals surface area contributed by atoms with E-state index in [0.717, 1.165) is 3.57 Å². The van der Waals surface area contributed by atoms with Crippen molar-refractivity contribution in [3.8, 4) is 0 Å². The van der Waals surface area contributed by atoms with Crippen LogP contribution in [0.2, 0.25) is 0 Å². The number of esters is 1. The second kappa shape index (κ2) is 5.79. The third-order valence-electron chi connectivity index (χ3n) is 1.44. The molecular formula is C9H11IN2O2. The Morgan fingerprint density at radius 3 is 3.14 bits per heavy atom. The molecule has 0 atom stereocenters. The zero-order valence-corrected chi connectivity index (χ0v) is 9.95. The van der Waals surface area contributed by atoms with Gasteiger partial charge in [0, 0.05) is 9.77 Å². The van der Waals surface area contributed by atoms with Crippen LogP contribution in [0.15, 0.2) is 18.3 Å². The lowest BCUT2D eigenvalue weighted by atomic mass is 10.4. The summed E-state index contributed by atoms with van der Waals surface area (Å²) in [7, 11) is 0. The van der Waals surface area contributed by atoms with E-state index < -0.39 is 0 Å². The van der Waals surface area contributed by atoms with Crippen LogP contribution in [-0.2, 0) is 9.53 Å². The van der Waals surface area contributed by atoms with Crippen LogP contribution in [-0.4, -0.2) is 24.1 Å². The fourth-order valence-corrected chi connectivity index (χ4v) is 1.33. The predicted octanol–water partition coefficient (Wildman–Crippen LogP) is 1.66. The number of nitrogens with one attached hydrogen (secondary N) is 1. The third kappa shape index (κ3) is 3.91. The fraction of sp³-hybridized carbons (Fsp3) is 0.333. The Morgan fingerprint density at radius 1 is 1.71 bits per heavy atom. The van der Waals surface area contributed by atoms with Crippen LogP contribution in [0.1, 0.15) is 6.92 Å². The van der Waals surface area contributed by atoms with Crippen molar-refractivity contribution < 1.29 is 9.53 Å². The van der Waals surface area contributed by atoms with Gasteiger partial charge in [0.15, 0.2) is 0 Å². The number of halogens is 1. The van der Waals surface area contributed by atoms with Gasteiger partial charge in [-0.05, 0) is 41.6 Å². The smallest absolute Gasteiger partial charge is 0.325 e. The minimum absolute atomic E-state index is 0.154. The number of hydrogen-bond donors (Lipinski definition) is 1. The van der Waals surface area contributed by atoms with E-state index in [2.05, 4.69) is 32.9 Å². The summed E-state index contributed by atoms with van der Waals surface area (Å²) in [5.74, 6) is 0.415. The van der Waals surface area contributed by atoms with E-state index in [1.54, 1.807) is 13.1 Å². The summed E-state index contributed by atoms with van der Waals surface area (Å²) in [4.78, 5) is 15.0. The highest BCUT2D eigenvalue weighted by Gasteiger charge is 2.01. The van der Waals surface area contributed by atoms with Gasteiger partial charge in [-0.15, -0.1) is 0 Å². The van der Waals surface area contributed by atoms with Crippen LogP contribution >= 0.6 is 22.6 Å². The van der Waals surface area contributed by atoms with Crippen molar-refractivity contribution >= 4 is 34.4 Å². The number of ether oxygens (including phenoxy) is 1. The molecule has 0 spiro atoms. The molecule has 0 bridgehead atoms. The zero-order chi connectivity index (χ0) is 10.4. The maximum atomic E-state index is 11.0. The van der Waals surface area contributed by atoms with Gasteiger partial charge >= 0.3 is 5.97 Å². The molecule has 1 heterocycles. The van der Waals surface area contributed by atoms with Gasteiger partial charge in [-0.1, -0.05) is 0 Å². The second-order valence-corrected chi connectivity index (χ2v) is 3.76. The molecule has 1 rings (SSSR count). The summed E-state index contributed by atoms with van der Waals surface area (Å²) >= 11 is 2.18. The SMILES string of the molecule is CCOC(=O)CNc1cc(I)ccn1. The molecule has 0 saturated heterocycles. The van der Waals surface area contributed by atoms with E-state index in [0.29, 0.717) is 12.4 Å². The zero-order valence-electron chi connectivity index (χ0n) is 7.79. The first-order valence-electron chi connectivity index (χ1n) is 4.23. The number of rotatable bonds is 4. The van der Waals surface area contributed by atoms with Gasteiger partial charge in [0.25, 0.3) is 0 Å². The molecule has 0 aliphatic heterocycles. The Labute approximate surface area is 96.2 Å². The molecule has 76 valence electrons. The van der Waals surface area contributed by atoms with E-state index in [4.69, 9.17) is 4.74 Å². The van der Waals surface area contributed by atoms with Gasteiger partial charge in [0.2, 0.25) is 0 Å². The van der Waals surface area contributed by atoms with Crippen LogP contribution in [0.4, 0.5) is 5.82 Å². The number of nitrogens with zero attached hydrogens (tertiary/aromatic N) is 1. The molecule has 0 saturated carbocycles. The third-order valence-corrected chi connectivity index (χ3v) is 2.11. The van der Waals surface area contributed by atoms with Crippen molar-refractivity contribution in [2.24, 2.45) is 0 Å². The van der Waals surface area contributed by atoms with Crippen molar-refractivity contribution in [3.05, 3.63) is 21.9 Å². The normalized spacial score (nSPS) is 9.57. The van der Waals surface area contributed by atoms with Gasteiger partial charge in [-0.2, -0.15) is 0 Å². The largest absolute Gasteiger partial charge is 0.465 e. The van der Waals surface area contributed by atoms with Crippen molar-refractivity contribution in [3.63, 3.8) is 0 Å². The molecule has 0 fully saturated rings. The van der Waals surface area contributed by atoms with Gasteiger partial charge in [-0.3, -0.25) is 4.79 Å². The quantitative estimate of drug-likeness (QED) is 0.679. The molecule has 0 amide bonds. The fourth-order valence-electron chi connectivity index (χ4n) is 0.876. The van der Waals surface area contributed by atoms with Crippen molar-refractivity contribution in [1.29, 1.82) is 0 Å². The summed E-state index contributed by atoms with van der Waals surface area (Å²) in [6.07, 6.45) is 1.69. The monoisotopic (exact) mass is 306 g/mol. The molecule has 1 aromatic heterocycles. The first-order chi connectivity index (χ1) is 6.72. The summed E-state index contributed by atoms with van der Waals surface area (Å²) in [5, 5.41) is 2.88. The van der Waals surface area contributed by atoms with Crippen LogP contribution in [0.5, 0.6) is 0 Å². The highest BCUT2D eigenvalue weighted by atomic mass is 127. The Hall–Kier alpha value is -0.850. The Bertz CT molecular complexity index is 317. The molecule has 1 aromatic rings. The maximum Gasteiger partial charge on any atom is 0.325 e. The number of carbonyl (C=O) groups excluding carboxylic acids is 1. The van der Waals surface area contributed by atoms with E-state index in [1.807, 2.05) is 12.1 Å². The molecule has 0 radical (unpaired) electrons. The Balaban J connectivity index is 2.41. The lowest BCUT2D eigenvalue weighted by molar-refractivity contribution is -0.140. The van der Waals surface area contributed by atoms with Crippen LogP contribution in [0, 0.1) is 3.57 Å². The first-order valence-corrected chi connectivity index (χ1v) is 5.31. The lowest BCUT2D eigenvalue weighted by Crippen LogP contribution is -2.17. The molecule has 4 nitrogen and oxygen atoms in total. The molecule has 14 heavy (non-hydrogen) atoms. The summed E-state index contributed by atoms with van der Waals surface area (Å²) in [6, 6.07) is 3.75. The average Bonchev–Trinajstić information content (AvgIpc) is 2.15. The second-order valence-electron chi connectivity index (χ2n) is 2.52.